The van der Waals surface area contributed by atoms with Crippen LogP contribution < -0.4 is 16.2 Å². The molecule has 24 heavy (non-hydrogen) atoms. The lowest BCUT2D eigenvalue weighted by Crippen LogP contribution is -2.53. The van der Waals surface area contributed by atoms with Gasteiger partial charge < -0.3 is 11.1 Å². The third-order valence-corrected chi connectivity index (χ3v) is 5.12. The lowest BCUT2D eigenvalue weighted by atomic mass is 9.80. The van der Waals surface area contributed by atoms with E-state index in [1.807, 2.05) is 0 Å². The van der Waals surface area contributed by atoms with Crippen LogP contribution in [0.5, 0.6) is 0 Å². The Balaban J connectivity index is 0.00000288. The normalized spacial score (nSPS) is 20.9. The minimum absolute atomic E-state index is 0. The smallest absolute Gasteiger partial charge is 0.238 e. The predicted octanol–water partition coefficient (Wildman–Crippen LogP) is 0.754. The molecule has 0 aromatic heterocycles. The van der Waals surface area contributed by atoms with Crippen LogP contribution in [-0.4, -0.2) is 44.9 Å². The number of carbonyl (C=O) groups excluding carboxylic acids is 1. The maximum absolute atomic E-state index is 12.2. The molecule has 0 aliphatic carbocycles. The zero-order valence-corrected chi connectivity index (χ0v) is 15.5. The number of halogens is 1. The van der Waals surface area contributed by atoms with E-state index < -0.39 is 10.0 Å². The number of nitrogens with one attached hydrogen (secondary N) is 1. The van der Waals surface area contributed by atoms with Crippen molar-refractivity contribution < 1.29 is 13.2 Å². The van der Waals surface area contributed by atoms with Crippen molar-refractivity contribution in [3.8, 4) is 0 Å². The van der Waals surface area contributed by atoms with Crippen LogP contribution in [0.2, 0.25) is 0 Å². The van der Waals surface area contributed by atoms with Crippen LogP contribution in [0.15, 0.2) is 29.2 Å². The molecular formula is C15H25ClN4O3S. The first-order valence-corrected chi connectivity index (χ1v) is 9.03. The SMILES string of the molecule is CC1(C)CN(CC(=O)Nc2cccc(S(N)(=O)=O)c2)CCC1N.Cl. The summed E-state index contributed by atoms with van der Waals surface area (Å²) in [6.07, 6.45) is 0.848. The summed E-state index contributed by atoms with van der Waals surface area (Å²) in [6.45, 7) is 5.96. The Labute approximate surface area is 149 Å². The number of likely N-dealkylation sites (tertiary alicyclic amines) is 1. The summed E-state index contributed by atoms with van der Waals surface area (Å²) < 4.78 is 22.7. The highest BCUT2D eigenvalue weighted by molar-refractivity contribution is 7.89. The lowest BCUT2D eigenvalue weighted by molar-refractivity contribution is -0.118. The van der Waals surface area contributed by atoms with Gasteiger partial charge in [0.2, 0.25) is 15.9 Å². The third-order valence-electron chi connectivity index (χ3n) is 4.20. The number of primary sulfonamides is 1. The number of carbonyl (C=O) groups is 1. The number of hydrogen-bond donors (Lipinski definition) is 3. The van der Waals surface area contributed by atoms with E-state index in [0.717, 1.165) is 19.5 Å². The Kier molecular flexibility index (Phi) is 6.77. The summed E-state index contributed by atoms with van der Waals surface area (Å²) in [4.78, 5) is 14.2. The maximum atomic E-state index is 12.2. The zero-order chi connectivity index (χ0) is 17.3. The van der Waals surface area contributed by atoms with E-state index in [2.05, 4.69) is 24.1 Å². The zero-order valence-electron chi connectivity index (χ0n) is 13.9. The van der Waals surface area contributed by atoms with Gasteiger partial charge in [-0.1, -0.05) is 19.9 Å². The molecule has 0 saturated carbocycles. The topological polar surface area (TPSA) is 119 Å². The van der Waals surface area contributed by atoms with E-state index in [-0.39, 0.29) is 41.2 Å². The average molecular weight is 377 g/mol. The Morgan fingerprint density at radius 1 is 1.42 bits per heavy atom. The van der Waals surface area contributed by atoms with Crippen molar-refractivity contribution in [3.05, 3.63) is 24.3 Å². The summed E-state index contributed by atoms with van der Waals surface area (Å²) in [6, 6.07) is 6.04. The van der Waals surface area contributed by atoms with Gasteiger partial charge in [-0.15, -0.1) is 12.4 Å². The standard InChI is InChI=1S/C15H24N4O3S.ClH/c1-15(2)10-19(7-6-13(15)16)9-14(20)18-11-4-3-5-12(8-11)23(17,21)22;/h3-5,8,13H,6-7,9-10,16H2,1-2H3,(H,18,20)(H2,17,21,22);1H. The van der Waals surface area contributed by atoms with Crippen molar-refractivity contribution >= 4 is 34.0 Å². The van der Waals surface area contributed by atoms with Crippen LogP contribution in [0.25, 0.3) is 0 Å². The number of benzene rings is 1. The fourth-order valence-electron chi connectivity index (χ4n) is 2.77. The number of piperidine rings is 1. The fraction of sp³-hybridized carbons (Fsp3) is 0.533. The van der Waals surface area contributed by atoms with E-state index >= 15 is 0 Å². The molecule has 1 aliphatic heterocycles. The number of rotatable bonds is 4. The molecule has 1 fully saturated rings. The minimum Gasteiger partial charge on any atom is -0.327 e. The second-order valence-electron chi connectivity index (χ2n) is 6.72. The molecule has 0 radical (unpaired) electrons. The minimum atomic E-state index is -3.79. The van der Waals surface area contributed by atoms with Gasteiger partial charge >= 0.3 is 0 Å². The molecule has 9 heteroatoms. The maximum Gasteiger partial charge on any atom is 0.238 e. The third kappa shape index (κ3) is 5.42. The van der Waals surface area contributed by atoms with Gasteiger partial charge in [0, 0.05) is 24.8 Å². The first kappa shape index (κ1) is 20.9. The highest BCUT2D eigenvalue weighted by atomic mass is 35.5. The molecule has 1 aromatic carbocycles. The summed E-state index contributed by atoms with van der Waals surface area (Å²) in [5.74, 6) is -0.192. The molecule has 0 bridgehead atoms. The van der Waals surface area contributed by atoms with E-state index in [4.69, 9.17) is 10.9 Å². The highest BCUT2D eigenvalue weighted by Gasteiger charge is 2.33. The van der Waals surface area contributed by atoms with E-state index in [9.17, 15) is 13.2 Å². The van der Waals surface area contributed by atoms with Crippen molar-refractivity contribution in [2.75, 3.05) is 25.0 Å². The molecule has 1 atom stereocenters. The van der Waals surface area contributed by atoms with Crippen LogP contribution >= 0.6 is 12.4 Å². The van der Waals surface area contributed by atoms with Gasteiger partial charge in [-0.3, -0.25) is 9.69 Å². The monoisotopic (exact) mass is 376 g/mol. The highest BCUT2D eigenvalue weighted by Crippen LogP contribution is 2.27. The Hall–Kier alpha value is -1.19. The second kappa shape index (κ2) is 7.79. The van der Waals surface area contributed by atoms with Crippen molar-refractivity contribution in [1.29, 1.82) is 0 Å². The van der Waals surface area contributed by atoms with Crippen molar-refractivity contribution in [2.45, 2.75) is 31.2 Å². The van der Waals surface area contributed by atoms with E-state index in [1.165, 1.54) is 12.1 Å². The molecular weight excluding hydrogens is 352 g/mol. The largest absolute Gasteiger partial charge is 0.327 e. The number of anilines is 1. The Bertz CT molecular complexity index is 694. The molecule has 1 amide bonds. The van der Waals surface area contributed by atoms with Crippen LogP contribution in [0.4, 0.5) is 5.69 Å². The molecule has 1 heterocycles. The number of sulfonamides is 1. The Morgan fingerprint density at radius 3 is 2.67 bits per heavy atom. The van der Waals surface area contributed by atoms with Gasteiger partial charge in [0.15, 0.2) is 0 Å². The lowest BCUT2D eigenvalue weighted by Gasteiger charge is -2.42. The van der Waals surface area contributed by atoms with Gasteiger partial charge in [-0.2, -0.15) is 0 Å². The molecule has 1 aromatic rings. The number of nitrogens with zero attached hydrogens (tertiary/aromatic N) is 1. The Morgan fingerprint density at radius 2 is 2.08 bits per heavy atom. The molecule has 0 spiro atoms. The van der Waals surface area contributed by atoms with Crippen LogP contribution in [0.3, 0.4) is 0 Å². The van der Waals surface area contributed by atoms with Crippen molar-refractivity contribution in [2.24, 2.45) is 16.3 Å². The summed E-state index contributed by atoms with van der Waals surface area (Å²) in [7, 11) is -3.79. The van der Waals surface area contributed by atoms with Crippen LogP contribution in [-0.2, 0) is 14.8 Å². The molecule has 1 aliphatic rings. The molecule has 7 nitrogen and oxygen atoms in total. The van der Waals surface area contributed by atoms with Gasteiger partial charge in [0.1, 0.15) is 0 Å². The van der Waals surface area contributed by atoms with Gasteiger partial charge in [0.25, 0.3) is 0 Å². The fourth-order valence-corrected chi connectivity index (χ4v) is 3.33. The predicted molar refractivity (Wildman–Crippen MR) is 96.5 cm³/mol. The summed E-state index contributed by atoms with van der Waals surface area (Å²) in [5.41, 5.74) is 6.47. The number of hydrogen-bond acceptors (Lipinski definition) is 5. The summed E-state index contributed by atoms with van der Waals surface area (Å²) >= 11 is 0. The first-order chi connectivity index (χ1) is 10.6. The summed E-state index contributed by atoms with van der Waals surface area (Å²) in [5, 5.41) is 7.80. The van der Waals surface area contributed by atoms with Gasteiger partial charge in [0.05, 0.1) is 11.4 Å². The second-order valence-corrected chi connectivity index (χ2v) is 8.28. The van der Waals surface area contributed by atoms with Crippen LogP contribution in [0.1, 0.15) is 20.3 Å². The van der Waals surface area contributed by atoms with E-state index in [1.54, 1.807) is 12.1 Å². The van der Waals surface area contributed by atoms with Gasteiger partial charge in [-0.25, -0.2) is 13.6 Å². The number of amides is 1. The quantitative estimate of drug-likeness (QED) is 0.716. The average Bonchev–Trinajstić information content (AvgIpc) is 2.42. The molecule has 2 rings (SSSR count). The number of nitrogens with two attached hydrogens (primary N) is 2. The first-order valence-electron chi connectivity index (χ1n) is 7.48. The molecule has 136 valence electrons. The van der Waals surface area contributed by atoms with Crippen LogP contribution in [0, 0.1) is 5.41 Å². The van der Waals surface area contributed by atoms with E-state index in [0.29, 0.717) is 5.69 Å². The van der Waals surface area contributed by atoms with Crippen molar-refractivity contribution in [3.63, 3.8) is 0 Å². The molecule has 5 N–H and O–H groups in total. The molecule has 1 unspecified atom stereocenters. The molecule has 1 saturated heterocycles. The van der Waals surface area contributed by atoms with Gasteiger partial charge in [-0.05, 0) is 30.0 Å². The van der Waals surface area contributed by atoms with Crippen molar-refractivity contribution in [1.82, 2.24) is 4.90 Å².